The van der Waals surface area contributed by atoms with Gasteiger partial charge in [-0.1, -0.05) is 13.8 Å². The van der Waals surface area contributed by atoms with Gasteiger partial charge >= 0.3 is 0 Å². The average Bonchev–Trinajstić information content (AvgIpc) is 2.17. The van der Waals surface area contributed by atoms with Crippen molar-refractivity contribution < 1.29 is 4.74 Å². The van der Waals surface area contributed by atoms with Crippen molar-refractivity contribution in [1.29, 1.82) is 0 Å². The lowest BCUT2D eigenvalue weighted by atomic mass is 9.82. The Morgan fingerprint density at radius 2 is 2.20 bits per heavy atom. The van der Waals surface area contributed by atoms with Gasteiger partial charge in [0.25, 0.3) is 0 Å². The Balaban J connectivity index is 2.43. The molecule has 3 nitrogen and oxygen atoms in total. The zero-order valence-corrected chi connectivity index (χ0v) is 10.5. The fourth-order valence-electron chi connectivity index (χ4n) is 2.52. The highest BCUT2D eigenvalue weighted by Crippen LogP contribution is 2.28. The molecule has 1 atom stereocenters. The maximum absolute atomic E-state index is 5.91. The van der Waals surface area contributed by atoms with E-state index in [-0.39, 0.29) is 5.41 Å². The Kier molecular flexibility index (Phi) is 5.03. The van der Waals surface area contributed by atoms with Gasteiger partial charge in [-0.3, -0.25) is 0 Å². The van der Waals surface area contributed by atoms with Gasteiger partial charge in [0.05, 0.1) is 6.61 Å². The number of nitrogens with zero attached hydrogens (tertiary/aromatic N) is 1. The molecule has 1 aliphatic rings. The highest BCUT2D eigenvalue weighted by atomic mass is 16.5. The molecule has 1 saturated heterocycles. The number of hydrogen-bond donors (Lipinski definition) is 1. The third-order valence-corrected chi connectivity index (χ3v) is 3.12. The summed E-state index contributed by atoms with van der Waals surface area (Å²) in [5, 5.41) is 0. The first-order valence-corrected chi connectivity index (χ1v) is 6.04. The van der Waals surface area contributed by atoms with E-state index in [0.29, 0.717) is 5.92 Å². The molecule has 0 amide bonds. The van der Waals surface area contributed by atoms with Crippen LogP contribution in [0.4, 0.5) is 0 Å². The van der Waals surface area contributed by atoms with Gasteiger partial charge in [-0.15, -0.1) is 0 Å². The normalized spacial score (nSPS) is 27.6. The van der Waals surface area contributed by atoms with E-state index in [2.05, 4.69) is 25.8 Å². The largest absolute Gasteiger partial charge is 0.381 e. The summed E-state index contributed by atoms with van der Waals surface area (Å²) in [6, 6.07) is 0. The van der Waals surface area contributed by atoms with Crippen LogP contribution >= 0.6 is 0 Å². The van der Waals surface area contributed by atoms with Crippen molar-refractivity contribution in [1.82, 2.24) is 4.90 Å². The van der Waals surface area contributed by atoms with Gasteiger partial charge < -0.3 is 15.4 Å². The molecule has 0 aliphatic carbocycles. The number of ether oxygens (including phenoxy) is 1. The number of nitrogens with two attached hydrogens (primary N) is 1. The summed E-state index contributed by atoms with van der Waals surface area (Å²) in [5.41, 5.74) is 6.12. The quantitative estimate of drug-likeness (QED) is 0.750. The number of hydrogen-bond acceptors (Lipinski definition) is 3. The molecule has 2 N–H and O–H groups in total. The predicted molar refractivity (Wildman–Crippen MR) is 63.9 cm³/mol. The number of rotatable bonds is 5. The maximum Gasteiger partial charge on any atom is 0.0546 e. The SMILES string of the molecule is CC(C)CN(C)CC1(CN)CCCOC1. The van der Waals surface area contributed by atoms with E-state index >= 15 is 0 Å². The van der Waals surface area contributed by atoms with Crippen molar-refractivity contribution >= 4 is 0 Å². The molecule has 1 rings (SSSR count). The van der Waals surface area contributed by atoms with Crippen molar-refractivity contribution in [2.75, 3.05) is 39.9 Å². The smallest absolute Gasteiger partial charge is 0.0546 e. The monoisotopic (exact) mass is 214 g/mol. The second kappa shape index (κ2) is 5.83. The van der Waals surface area contributed by atoms with Crippen molar-refractivity contribution in [2.45, 2.75) is 26.7 Å². The molecule has 1 heterocycles. The lowest BCUT2D eigenvalue weighted by molar-refractivity contribution is -0.0194. The Labute approximate surface area is 94.0 Å². The first-order chi connectivity index (χ1) is 7.08. The van der Waals surface area contributed by atoms with Gasteiger partial charge in [0, 0.05) is 31.7 Å². The van der Waals surface area contributed by atoms with E-state index in [9.17, 15) is 0 Å². The molecule has 0 aromatic carbocycles. The van der Waals surface area contributed by atoms with E-state index in [1.54, 1.807) is 0 Å². The fraction of sp³-hybridized carbons (Fsp3) is 1.00. The first-order valence-electron chi connectivity index (χ1n) is 6.04. The minimum absolute atomic E-state index is 0.210. The molecular weight excluding hydrogens is 188 g/mol. The van der Waals surface area contributed by atoms with E-state index in [0.717, 1.165) is 39.3 Å². The summed E-state index contributed by atoms with van der Waals surface area (Å²) in [4.78, 5) is 2.40. The predicted octanol–water partition coefficient (Wildman–Crippen LogP) is 1.33. The van der Waals surface area contributed by atoms with Crippen LogP contribution in [0.2, 0.25) is 0 Å². The van der Waals surface area contributed by atoms with Crippen molar-refractivity contribution in [3.63, 3.8) is 0 Å². The topological polar surface area (TPSA) is 38.5 Å². The Morgan fingerprint density at radius 3 is 2.67 bits per heavy atom. The van der Waals surface area contributed by atoms with Crippen molar-refractivity contribution in [3.05, 3.63) is 0 Å². The summed E-state index contributed by atoms with van der Waals surface area (Å²) < 4.78 is 5.58. The molecule has 0 aromatic heterocycles. The molecule has 0 radical (unpaired) electrons. The molecule has 90 valence electrons. The first kappa shape index (κ1) is 12.9. The molecule has 3 heteroatoms. The van der Waals surface area contributed by atoms with E-state index < -0.39 is 0 Å². The van der Waals surface area contributed by atoms with Crippen LogP contribution in [0.5, 0.6) is 0 Å². The summed E-state index contributed by atoms with van der Waals surface area (Å²) in [7, 11) is 2.19. The van der Waals surface area contributed by atoms with Gasteiger partial charge in [0.15, 0.2) is 0 Å². The highest BCUT2D eigenvalue weighted by Gasteiger charge is 2.32. The van der Waals surface area contributed by atoms with Gasteiger partial charge in [-0.05, 0) is 25.8 Å². The van der Waals surface area contributed by atoms with Crippen LogP contribution in [0.15, 0.2) is 0 Å². The minimum Gasteiger partial charge on any atom is -0.381 e. The third-order valence-electron chi connectivity index (χ3n) is 3.12. The van der Waals surface area contributed by atoms with Crippen molar-refractivity contribution in [3.8, 4) is 0 Å². The Hall–Kier alpha value is -0.120. The summed E-state index contributed by atoms with van der Waals surface area (Å²) in [5.74, 6) is 0.717. The molecule has 0 saturated carbocycles. The average molecular weight is 214 g/mol. The summed E-state index contributed by atoms with van der Waals surface area (Å²) in [6.45, 7) is 9.21. The van der Waals surface area contributed by atoms with Crippen LogP contribution in [0.3, 0.4) is 0 Å². The van der Waals surface area contributed by atoms with Gasteiger partial charge in [0.1, 0.15) is 0 Å². The van der Waals surface area contributed by atoms with Gasteiger partial charge in [0.2, 0.25) is 0 Å². The van der Waals surface area contributed by atoms with Gasteiger partial charge in [-0.2, -0.15) is 0 Å². The molecular formula is C12H26N2O. The Bertz CT molecular complexity index is 176. The molecule has 0 bridgehead atoms. The molecule has 1 fully saturated rings. The van der Waals surface area contributed by atoms with Crippen LogP contribution in [0.25, 0.3) is 0 Å². The fourth-order valence-corrected chi connectivity index (χ4v) is 2.52. The zero-order chi connectivity index (χ0) is 11.3. The maximum atomic E-state index is 5.91. The molecule has 0 spiro atoms. The second-order valence-electron chi connectivity index (χ2n) is 5.45. The van der Waals surface area contributed by atoms with Crippen molar-refractivity contribution in [2.24, 2.45) is 17.1 Å². The lowest BCUT2D eigenvalue weighted by Gasteiger charge is -2.39. The molecule has 1 aliphatic heterocycles. The standard InChI is InChI=1S/C12H26N2O/c1-11(2)7-14(3)9-12(8-13)5-4-6-15-10-12/h11H,4-10,13H2,1-3H3. The molecule has 1 unspecified atom stereocenters. The zero-order valence-electron chi connectivity index (χ0n) is 10.5. The molecule has 15 heavy (non-hydrogen) atoms. The van der Waals surface area contributed by atoms with Crippen LogP contribution < -0.4 is 5.73 Å². The van der Waals surface area contributed by atoms with E-state index in [4.69, 9.17) is 10.5 Å². The summed E-state index contributed by atoms with van der Waals surface area (Å²) >= 11 is 0. The van der Waals surface area contributed by atoms with Crippen LogP contribution in [-0.2, 0) is 4.74 Å². The second-order valence-corrected chi connectivity index (χ2v) is 5.45. The van der Waals surface area contributed by atoms with E-state index in [1.807, 2.05) is 0 Å². The van der Waals surface area contributed by atoms with Gasteiger partial charge in [-0.25, -0.2) is 0 Å². The summed E-state index contributed by atoms with van der Waals surface area (Å²) in [6.07, 6.45) is 2.37. The highest BCUT2D eigenvalue weighted by molar-refractivity contribution is 4.85. The third kappa shape index (κ3) is 4.09. The van der Waals surface area contributed by atoms with Crippen LogP contribution in [0.1, 0.15) is 26.7 Å². The lowest BCUT2D eigenvalue weighted by Crippen LogP contribution is -2.47. The van der Waals surface area contributed by atoms with Crippen LogP contribution in [-0.4, -0.2) is 44.8 Å². The minimum atomic E-state index is 0.210. The Morgan fingerprint density at radius 1 is 1.47 bits per heavy atom. The van der Waals surface area contributed by atoms with E-state index in [1.165, 1.54) is 6.42 Å². The van der Waals surface area contributed by atoms with Crippen LogP contribution in [0, 0.1) is 11.3 Å². The molecule has 0 aromatic rings.